The molecule has 0 saturated heterocycles. The smallest absolute Gasteiger partial charge is 0.161 e. The van der Waals surface area contributed by atoms with Gasteiger partial charge in [-0.15, -0.1) is 12.4 Å². The van der Waals surface area contributed by atoms with Crippen LogP contribution in [0.15, 0.2) is 42.5 Å². The van der Waals surface area contributed by atoms with Gasteiger partial charge in [-0.1, -0.05) is 30.3 Å². The lowest BCUT2D eigenvalue weighted by molar-refractivity contribution is 0.0302. The molecule has 4 nitrogen and oxygen atoms in total. The molecule has 0 bridgehead atoms. The standard InChI is InChI=1S/C24H33NO3.ClH/c1-5-26-23-16-19-14-15-28-22(20(19)17-24(23)27-6-2)13-12-21(25(3)4)18-10-8-7-9-11-18;/h7-11,16-17,21-22H,5-6,12-15H2,1-4H3;1H. The summed E-state index contributed by atoms with van der Waals surface area (Å²) in [6.07, 6.45) is 3.04. The van der Waals surface area contributed by atoms with E-state index in [1.54, 1.807) is 0 Å². The number of hydrogen-bond acceptors (Lipinski definition) is 4. The largest absolute Gasteiger partial charge is 0.490 e. The fraction of sp³-hybridized carbons (Fsp3) is 0.500. The molecule has 0 amide bonds. The van der Waals surface area contributed by atoms with E-state index in [0.29, 0.717) is 19.3 Å². The molecule has 29 heavy (non-hydrogen) atoms. The van der Waals surface area contributed by atoms with Crippen molar-refractivity contribution in [3.8, 4) is 11.5 Å². The van der Waals surface area contributed by atoms with Crippen LogP contribution >= 0.6 is 12.4 Å². The van der Waals surface area contributed by atoms with Crippen molar-refractivity contribution in [2.45, 2.75) is 45.3 Å². The van der Waals surface area contributed by atoms with E-state index in [1.807, 2.05) is 13.8 Å². The van der Waals surface area contributed by atoms with Crippen LogP contribution in [0.3, 0.4) is 0 Å². The highest BCUT2D eigenvalue weighted by Gasteiger charge is 2.25. The predicted molar refractivity (Wildman–Crippen MR) is 121 cm³/mol. The molecule has 0 spiro atoms. The maximum Gasteiger partial charge on any atom is 0.161 e. The van der Waals surface area contributed by atoms with Gasteiger partial charge < -0.3 is 19.1 Å². The molecule has 1 aliphatic heterocycles. The molecule has 5 heteroatoms. The molecular weight excluding hydrogens is 386 g/mol. The Kier molecular flexibility index (Phi) is 9.28. The predicted octanol–water partition coefficient (Wildman–Crippen LogP) is 5.60. The number of halogens is 1. The van der Waals surface area contributed by atoms with E-state index in [1.165, 1.54) is 16.7 Å². The van der Waals surface area contributed by atoms with Crippen molar-refractivity contribution in [3.63, 3.8) is 0 Å². The molecule has 160 valence electrons. The second-order valence-electron chi connectivity index (χ2n) is 7.44. The lowest BCUT2D eigenvalue weighted by Crippen LogP contribution is -2.22. The quantitative estimate of drug-likeness (QED) is 0.529. The average molecular weight is 420 g/mol. The molecule has 2 unspecified atom stereocenters. The summed E-state index contributed by atoms with van der Waals surface area (Å²) < 4.78 is 17.8. The van der Waals surface area contributed by atoms with Gasteiger partial charge in [0.1, 0.15) is 0 Å². The first-order valence-electron chi connectivity index (χ1n) is 10.4. The van der Waals surface area contributed by atoms with Gasteiger partial charge in [0.25, 0.3) is 0 Å². The zero-order valence-corrected chi connectivity index (χ0v) is 18.8. The van der Waals surface area contributed by atoms with E-state index in [-0.39, 0.29) is 18.5 Å². The molecule has 0 aliphatic carbocycles. The van der Waals surface area contributed by atoms with Crippen LogP contribution in [0.1, 0.15) is 55.5 Å². The molecule has 2 aromatic rings. The first-order valence-corrected chi connectivity index (χ1v) is 10.4. The average Bonchev–Trinajstić information content (AvgIpc) is 2.70. The van der Waals surface area contributed by atoms with Crippen molar-refractivity contribution in [2.75, 3.05) is 33.9 Å². The van der Waals surface area contributed by atoms with E-state index >= 15 is 0 Å². The Labute approximate surface area is 181 Å². The monoisotopic (exact) mass is 419 g/mol. The van der Waals surface area contributed by atoms with Crippen molar-refractivity contribution in [3.05, 3.63) is 59.2 Å². The Bertz CT molecular complexity index is 751. The highest BCUT2D eigenvalue weighted by molar-refractivity contribution is 5.85. The van der Waals surface area contributed by atoms with Crippen LogP contribution in [0, 0.1) is 0 Å². The van der Waals surface area contributed by atoms with Gasteiger partial charge in [0.05, 0.1) is 25.9 Å². The molecule has 2 aromatic carbocycles. The van der Waals surface area contributed by atoms with Gasteiger partial charge in [0, 0.05) is 6.04 Å². The normalized spacial score (nSPS) is 16.7. The van der Waals surface area contributed by atoms with Crippen molar-refractivity contribution in [1.29, 1.82) is 0 Å². The summed E-state index contributed by atoms with van der Waals surface area (Å²) in [4.78, 5) is 2.29. The summed E-state index contributed by atoms with van der Waals surface area (Å²) in [5, 5.41) is 0. The molecule has 0 radical (unpaired) electrons. The van der Waals surface area contributed by atoms with Crippen LogP contribution in [0.25, 0.3) is 0 Å². The van der Waals surface area contributed by atoms with Crippen LogP contribution in [0.4, 0.5) is 0 Å². The minimum atomic E-state index is 0. The third kappa shape index (κ3) is 5.88. The second-order valence-corrected chi connectivity index (χ2v) is 7.44. The zero-order valence-electron chi connectivity index (χ0n) is 18.0. The molecule has 0 saturated carbocycles. The van der Waals surface area contributed by atoms with Crippen LogP contribution in [0.2, 0.25) is 0 Å². The number of nitrogens with zero attached hydrogens (tertiary/aromatic N) is 1. The maximum absolute atomic E-state index is 6.19. The minimum Gasteiger partial charge on any atom is -0.490 e. The van der Waals surface area contributed by atoms with Crippen molar-refractivity contribution in [1.82, 2.24) is 4.90 Å². The number of benzene rings is 2. The maximum atomic E-state index is 6.19. The number of rotatable bonds is 9. The Hall–Kier alpha value is -1.75. The highest BCUT2D eigenvalue weighted by atomic mass is 35.5. The number of hydrogen-bond donors (Lipinski definition) is 0. The van der Waals surface area contributed by atoms with E-state index in [2.05, 4.69) is 61.5 Å². The molecule has 0 aromatic heterocycles. The number of ether oxygens (including phenoxy) is 3. The van der Waals surface area contributed by atoms with E-state index in [9.17, 15) is 0 Å². The molecule has 1 heterocycles. The van der Waals surface area contributed by atoms with Crippen LogP contribution in [0.5, 0.6) is 11.5 Å². The molecule has 1 aliphatic rings. The first kappa shape index (κ1) is 23.5. The van der Waals surface area contributed by atoms with E-state index < -0.39 is 0 Å². The fourth-order valence-electron chi connectivity index (χ4n) is 4.02. The van der Waals surface area contributed by atoms with Crippen LogP contribution in [-0.4, -0.2) is 38.8 Å². The van der Waals surface area contributed by atoms with Gasteiger partial charge in [-0.2, -0.15) is 0 Å². The molecule has 0 N–H and O–H groups in total. The zero-order chi connectivity index (χ0) is 19.9. The highest BCUT2D eigenvalue weighted by Crippen LogP contribution is 2.40. The molecule has 3 rings (SSSR count). The van der Waals surface area contributed by atoms with Gasteiger partial charge >= 0.3 is 0 Å². The Balaban J connectivity index is 0.00000300. The third-order valence-corrected chi connectivity index (χ3v) is 5.35. The van der Waals surface area contributed by atoms with Crippen LogP contribution < -0.4 is 9.47 Å². The topological polar surface area (TPSA) is 30.9 Å². The molecule has 2 atom stereocenters. The van der Waals surface area contributed by atoms with Gasteiger partial charge in [0.2, 0.25) is 0 Å². The summed E-state index contributed by atoms with van der Waals surface area (Å²) in [5.74, 6) is 1.67. The molecule has 0 fully saturated rings. The minimum absolute atomic E-state index is 0. The Morgan fingerprint density at radius 3 is 2.31 bits per heavy atom. The summed E-state index contributed by atoms with van der Waals surface area (Å²) in [6.45, 7) is 6.04. The number of fused-ring (bicyclic) bond motifs is 1. The summed E-state index contributed by atoms with van der Waals surface area (Å²) in [7, 11) is 4.30. The van der Waals surface area contributed by atoms with E-state index in [4.69, 9.17) is 14.2 Å². The summed E-state index contributed by atoms with van der Waals surface area (Å²) in [6, 6.07) is 15.4. The first-order chi connectivity index (χ1) is 13.6. The van der Waals surface area contributed by atoms with Gasteiger partial charge in [-0.25, -0.2) is 0 Å². The lowest BCUT2D eigenvalue weighted by Gasteiger charge is -2.30. The Morgan fingerprint density at radius 2 is 1.69 bits per heavy atom. The Morgan fingerprint density at radius 1 is 1.03 bits per heavy atom. The SMILES string of the molecule is CCOc1cc2c(cc1OCC)C(CCC(c1ccccc1)N(C)C)OCC2.Cl. The van der Waals surface area contributed by atoms with Crippen molar-refractivity contribution in [2.24, 2.45) is 0 Å². The van der Waals surface area contributed by atoms with Gasteiger partial charge in [0.15, 0.2) is 11.5 Å². The lowest BCUT2D eigenvalue weighted by atomic mass is 9.91. The molecular formula is C24H34ClNO3. The second kappa shape index (κ2) is 11.4. The van der Waals surface area contributed by atoms with Gasteiger partial charge in [-0.3, -0.25) is 0 Å². The van der Waals surface area contributed by atoms with Crippen LogP contribution in [-0.2, 0) is 11.2 Å². The van der Waals surface area contributed by atoms with Crippen molar-refractivity contribution < 1.29 is 14.2 Å². The van der Waals surface area contributed by atoms with Gasteiger partial charge in [-0.05, 0) is 76.0 Å². The summed E-state index contributed by atoms with van der Waals surface area (Å²) >= 11 is 0. The van der Waals surface area contributed by atoms with Crippen molar-refractivity contribution >= 4 is 12.4 Å². The third-order valence-electron chi connectivity index (χ3n) is 5.35. The fourth-order valence-corrected chi connectivity index (χ4v) is 4.02. The van der Waals surface area contributed by atoms with E-state index in [0.717, 1.165) is 37.4 Å². The summed E-state index contributed by atoms with van der Waals surface area (Å²) in [5.41, 5.74) is 3.93.